The number of ether oxygens (including phenoxy) is 1. The lowest BCUT2D eigenvalue weighted by Crippen LogP contribution is -2.33. The van der Waals surface area contributed by atoms with Gasteiger partial charge < -0.3 is 4.74 Å². The van der Waals surface area contributed by atoms with Crippen LogP contribution in [0.1, 0.15) is 60.3 Å². The number of carbonyl (C=O) groups is 2. The maximum Gasteiger partial charge on any atom is 0.339 e. The van der Waals surface area contributed by atoms with Gasteiger partial charge in [0.05, 0.1) is 23.6 Å². The molecule has 0 aromatic carbocycles. The highest BCUT2D eigenvalue weighted by atomic mass is 16.5. The number of nitrogens with zero attached hydrogens (tertiary/aromatic N) is 1. The Hall–Kier alpha value is -1.71. The number of hydrogen-bond acceptors (Lipinski definition) is 4. The molecule has 1 saturated carbocycles. The summed E-state index contributed by atoms with van der Waals surface area (Å²) in [6, 6.07) is 0. The molecule has 1 aliphatic heterocycles. The van der Waals surface area contributed by atoms with Gasteiger partial charge in [-0.1, -0.05) is 20.8 Å². The minimum Gasteiger partial charge on any atom is -0.462 e. The van der Waals surface area contributed by atoms with E-state index in [1.807, 2.05) is 13.8 Å². The molecule has 24 heavy (non-hydrogen) atoms. The Morgan fingerprint density at radius 1 is 1.33 bits per heavy atom. The third-order valence-corrected chi connectivity index (χ3v) is 5.73. The van der Waals surface area contributed by atoms with Crippen LogP contribution in [0.3, 0.4) is 0 Å². The molecule has 0 amide bonds. The summed E-state index contributed by atoms with van der Waals surface area (Å²) in [4.78, 5) is 30.1. The number of carbonyl (C=O) groups excluding carboxylic acids is 2. The largest absolute Gasteiger partial charge is 0.462 e. The highest BCUT2D eigenvalue weighted by Crippen LogP contribution is 2.49. The van der Waals surface area contributed by atoms with Crippen LogP contribution in [0.2, 0.25) is 0 Å². The van der Waals surface area contributed by atoms with Crippen LogP contribution in [0.5, 0.6) is 0 Å². The van der Waals surface area contributed by atoms with Crippen molar-refractivity contribution in [3.05, 3.63) is 22.4 Å². The maximum atomic E-state index is 12.8. The summed E-state index contributed by atoms with van der Waals surface area (Å²) in [6.45, 7) is 10.4. The molecule has 4 heteroatoms. The third-order valence-electron chi connectivity index (χ3n) is 5.73. The Morgan fingerprint density at radius 2 is 2.00 bits per heavy atom. The van der Waals surface area contributed by atoms with Crippen LogP contribution in [0.15, 0.2) is 27.4 Å². The van der Waals surface area contributed by atoms with Crippen molar-refractivity contribution in [3.8, 4) is 0 Å². The van der Waals surface area contributed by atoms with E-state index < -0.39 is 0 Å². The minimum atomic E-state index is -0.292. The zero-order chi connectivity index (χ0) is 17.6. The summed E-state index contributed by atoms with van der Waals surface area (Å²) < 4.78 is 5.28. The second-order valence-corrected chi connectivity index (χ2v) is 7.94. The molecule has 0 saturated heterocycles. The van der Waals surface area contributed by atoms with Crippen LogP contribution in [-0.2, 0) is 14.3 Å². The van der Waals surface area contributed by atoms with Gasteiger partial charge in [0.2, 0.25) is 0 Å². The van der Waals surface area contributed by atoms with Gasteiger partial charge in [0, 0.05) is 24.3 Å². The molecule has 0 spiro atoms. The maximum absolute atomic E-state index is 12.8. The van der Waals surface area contributed by atoms with Crippen LogP contribution >= 0.6 is 0 Å². The lowest BCUT2D eigenvalue weighted by Gasteiger charge is -2.37. The lowest BCUT2D eigenvalue weighted by molar-refractivity contribution is -0.138. The number of Topliss-reactive ketones (excluding diaryl/α,β-unsaturated/α-hetero) is 1. The average Bonchev–Trinajstić information content (AvgIpc) is 3.30. The molecule has 1 atom stereocenters. The van der Waals surface area contributed by atoms with Gasteiger partial charge in [-0.05, 0) is 43.6 Å². The lowest BCUT2D eigenvalue weighted by atomic mass is 9.68. The van der Waals surface area contributed by atoms with E-state index in [0.717, 1.165) is 29.7 Å². The first-order valence-corrected chi connectivity index (χ1v) is 8.98. The fourth-order valence-electron chi connectivity index (χ4n) is 3.81. The number of ketones is 1. The van der Waals surface area contributed by atoms with Gasteiger partial charge in [0.25, 0.3) is 0 Å². The highest BCUT2D eigenvalue weighted by molar-refractivity contribution is 6.20. The quantitative estimate of drug-likeness (QED) is 0.735. The van der Waals surface area contributed by atoms with Crippen molar-refractivity contribution >= 4 is 17.5 Å². The van der Waals surface area contributed by atoms with Gasteiger partial charge in [-0.2, -0.15) is 0 Å². The van der Waals surface area contributed by atoms with Gasteiger partial charge in [-0.3, -0.25) is 9.79 Å². The Labute approximate surface area is 144 Å². The molecule has 2 aliphatic carbocycles. The van der Waals surface area contributed by atoms with Crippen molar-refractivity contribution in [2.45, 2.75) is 60.3 Å². The third kappa shape index (κ3) is 2.87. The van der Waals surface area contributed by atoms with E-state index in [1.54, 1.807) is 0 Å². The van der Waals surface area contributed by atoms with Gasteiger partial charge in [-0.15, -0.1) is 0 Å². The van der Waals surface area contributed by atoms with Crippen LogP contribution in [0.4, 0.5) is 0 Å². The summed E-state index contributed by atoms with van der Waals surface area (Å²) in [7, 11) is 0. The average molecular weight is 329 g/mol. The molecular formula is C20H27NO3. The van der Waals surface area contributed by atoms with E-state index in [4.69, 9.17) is 9.73 Å². The summed E-state index contributed by atoms with van der Waals surface area (Å²) in [5, 5.41) is 0. The second kappa shape index (κ2) is 5.98. The molecule has 0 N–H and O–H groups in total. The molecule has 0 bridgehead atoms. The molecule has 0 aromatic rings. The minimum absolute atomic E-state index is 0.103. The summed E-state index contributed by atoms with van der Waals surface area (Å²) in [5.74, 6) is 0.495. The van der Waals surface area contributed by atoms with Crippen molar-refractivity contribution in [1.82, 2.24) is 0 Å². The van der Waals surface area contributed by atoms with E-state index >= 15 is 0 Å². The monoisotopic (exact) mass is 329 g/mol. The van der Waals surface area contributed by atoms with E-state index in [1.165, 1.54) is 0 Å². The van der Waals surface area contributed by atoms with E-state index in [2.05, 4.69) is 20.8 Å². The number of aliphatic imine (C=N–C) groups is 1. The molecule has 3 rings (SSSR count). The van der Waals surface area contributed by atoms with Gasteiger partial charge >= 0.3 is 5.97 Å². The number of allylic oxidation sites excluding steroid dienone is 3. The SMILES string of the molecule is CCOC(=O)C1=C(C2CC2)CC2=C(N=C1C)C(C)C(C)(C)CC2=O. The van der Waals surface area contributed by atoms with Gasteiger partial charge in [0.15, 0.2) is 5.78 Å². The van der Waals surface area contributed by atoms with E-state index in [-0.39, 0.29) is 23.1 Å². The zero-order valence-corrected chi connectivity index (χ0v) is 15.4. The molecule has 1 fully saturated rings. The Bertz CT molecular complexity index is 690. The van der Waals surface area contributed by atoms with Crippen molar-refractivity contribution in [3.63, 3.8) is 0 Å². The number of hydrogen-bond donors (Lipinski definition) is 0. The standard InChI is InChI=1S/C20H27NO3/c1-6-24-19(23)17-12(3)21-18-11(2)20(4,5)10-16(22)15(18)9-14(17)13-7-8-13/h11,13H,6-10H2,1-5H3. The Morgan fingerprint density at radius 3 is 2.58 bits per heavy atom. The molecule has 1 heterocycles. The Balaban J connectivity index is 2.11. The second-order valence-electron chi connectivity index (χ2n) is 7.94. The van der Waals surface area contributed by atoms with Gasteiger partial charge in [0.1, 0.15) is 0 Å². The normalized spacial score (nSPS) is 26.8. The fourth-order valence-corrected chi connectivity index (χ4v) is 3.81. The van der Waals surface area contributed by atoms with Crippen molar-refractivity contribution in [2.24, 2.45) is 22.2 Å². The van der Waals surface area contributed by atoms with Crippen LogP contribution < -0.4 is 0 Å². The Kier molecular flexibility index (Phi) is 4.27. The number of rotatable bonds is 3. The molecule has 3 aliphatic rings. The van der Waals surface area contributed by atoms with Gasteiger partial charge in [-0.25, -0.2) is 4.79 Å². The molecule has 130 valence electrons. The molecule has 1 unspecified atom stereocenters. The van der Waals surface area contributed by atoms with E-state index in [0.29, 0.717) is 36.7 Å². The fraction of sp³-hybridized carbons (Fsp3) is 0.650. The zero-order valence-electron chi connectivity index (χ0n) is 15.4. The highest BCUT2D eigenvalue weighted by Gasteiger charge is 2.42. The molecule has 4 nitrogen and oxygen atoms in total. The first kappa shape index (κ1) is 17.1. The van der Waals surface area contributed by atoms with Crippen molar-refractivity contribution in [2.75, 3.05) is 6.61 Å². The predicted molar refractivity (Wildman–Crippen MR) is 93.7 cm³/mol. The summed E-state index contributed by atoms with van der Waals surface area (Å²) in [6.07, 6.45) is 3.29. The molecule has 0 radical (unpaired) electrons. The summed E-state index contributed by atoms with van der Waals surface area (Å²) in [5.41, 5.74) is 3.99. The summed E-state index contributed by atoms with van der Waals surface area (Å²) >= 11 is 0. The first-order chi connectivity index (χ1) is 11.3. The predicted octanol–water partition coefficient (Wildman–Crippen LogP) is 4.01. The topological polar surface area (TPSA) is 55.7 Å². The van der Waals surface area contributed by atoms with Crippen LogP contribution in [0, 0.1) is 17.3 Å². The number of esters is 1. The van der Waals surface area contributed by atoms with Crippen LogP contribution in [-0.4, -0.2) is 24.1 Å². The first-order valence-electron chi connectivity index (χ1n) is 8.98. The molecule has 0 aromatic heterocycles. The van der Waals surface area contributed by atoms with E-state index in [9.17, 15) is 9.59 Å². The smallest absolute Gasteiger partial charge is 0.339 e. The molecular weight excluding hydrogens is 302 g/mol. The van der Waals surface area contributed by atoms with Crippen LogP contribution in [0.25, 0.3) is 0 Å². The van der Waals surface area contributed by atoms with Crippen molar-refractivity contribution < 1.29 is 14.3 Å². The van der Waals surface area contributed by atoms with Crippen molar-refractivity contribution in [1.29, 1.82) is 0 Å².